The number of aromatic nitrogens is 2. The largest absolute Gasteiger partial charge is 0.350 e. The summed E-state index contributed by atoms with van der Waals surface area (Å²) in [4.78, 5) is 12.0. The third kappa shape index (κ3) is 2.27. The molecule has 0 spiro atoms. The maximum Gasteiger partial charge on any atom is 0.264 e. The Hall–Kier alpha value is -1.01. The maximum absolute atomic E-state index is 11.4. The van der Waals surface area contributed by atoms with Gasteiger partial charge in [-0.2, -0.15) is 0 Å². The highest BCUT2D eigenvalue weighted by Crippen LogP contribution is 2.31. The lowest BCUT2D eigenvalue weighted by Crippen LogP contribution is -2.38. The zero-order valence-electron chi connectivity index (χ0n) is 7.64. The standard InChI is InChI=1S/C8H12N4OS/c9-6(5-1-2-5)3-10-8(13)7-4-11-12-14-7/h4-6H,1-3,9H2,(H,10,13). The van der Waals surface area contributed by atoms with Crippen LogP contribution in [-0.2, 0) is 0 Å². The van der Waals surface area contributed by atoms with Crippen molar-refractivity contribution in [1.29, 1.82) is 0 Å². The first-order chi connectivity index (χ1) is 6.77. The van der Waals surface area contributed by atoms with Crippen molar-refractivity contribution in [2.24, 2.45) is 11.7 Å². The van der Waals surface area contributed by atoms with E-state index in [0.29, 0.717) is 17.3 Å². The van der Waals surface area contributed by atoms with Crippen molar-refractivity contribution >= 4 is 17.4 Å². The minimum Gasteiger partial charge on any atom is -0.350 e. The van der Waals surface area contributed by atoms with Crippen LogP contribution < -0.4 is 11.1 Å². The average molecular weight is 212 g/mol. The highest BCUT2D eigenvalue weighted by molar-refractivity contribution is 7.07. The molecule has 1 unspecified atom stereocenters. The molecule has 1 atom stereocenters. The van der Waals surface area contributed by atoms with E-state index in [2.05, 4.69) is 14.9 Å². The molecular weight excluding hydrogens is 200 g/mol. The fourth-order valence-corrected chi connectivity index (χ4v) is 1.69. The normalized spacial score (nSPS) is 17.8. The number of nitrogens with one attached hydrogen (secondary N) is 1. The summed E-state index contributed by atoms with van der Waals surface area (Å²) in [5, 5.41) is 6.37. The van der Waals surface area contributed by atoms with E-state index < -0.39 is 0 Å². The molecule has 0 bridgehead atoms. The molecule has 1 aromatic rings. The van der Waals surface area contributed by atoms with Gasteiger partial charge in [0.2, 0.25) is 0 Å². The van der Waals surface area contributed by atoms with Gasteiger partial charge in [-0.25, -0.2) is 0 Å². The predicted octanol–water partition coefficient (Wildman–Crippen LogP) is 0.00520. The van der Waals surface area contributed by atoms with E-state index in [1.165, 1.54) is 19.0 Å². The van der Waals surface area contributed by atoms with Crippen LogP contribution in [0.4, 0.5) is 0 Å². The SMILES string of the molecule is NC(CNC(=O)c1cnns1)C1CC1. The molecule has 2 rings (SSSR count). The van der Waals surface area contributed by atoms with Crippen LogP contribution in [0.1, 0.15) is 22.5 Å². The van der Waals surface area contributed by atoms with E-state index in [1.807, 2.05) is 0 Å². The summed E-state index contributed by atoms with van der Waals surface area (Å²) in [5.74, 6) is 0.478. The zero-order chi connectivity index (χ0) is 9.97. The lowest BCUT2D eigenvalue weighted by Gasteiger charge is -2.10. The van der Waals surface area contributed by atoms with E-state index in [1.54, 1.807) is 0 Å². The third-order valence-electron chi connectivity index (χ3n) is 2.31. The highest BCUT2D eigenvalue weighted by atomic mass is 32.1. The van der Waals surface area contributed by atoms with Gasteiger partial charge in [-0.1, -0.05) is 4.49 Å². The fourth-order valence-electron chi connectivity index (χ4n) is 1.26. The molecule has 1 aliphatic carbocycles. The van der Waals surface area contributed by atoms with Crippen LogP contribution in [0, 0.1) is 5.92 Å². The summed E-state index contributed by atoms with van der Waals surface area (Å²) in [6.07, 6.45) is 3.85. The second kappa shape index (κ2) is 4.02. The smallest absolute Gasteiger partial charge is 0.264 e. The second-order valence-electron chi connectivity index (χ2n) is 3.49. The van der Waals surface area contributed by atoms with Crippen LogP contribution in [0.25, 0.3) is 0 Å². The Morgan fingerprint density at radius 3 is 3.14 bits per heavy atom. The molecule has 76 valence electrons. The first-order valence-corrected chi connectivity index (χ1v) is 5.36. The van der Waals surface area contributed by atoms with Crippen LogP contribution in [0.5, 0.6) is 0 Å². The van der Waals surface area contributed by atoms with Crippen molar-refractivity contribution in [2.75, 3.05) is 6.54 Å². The Kier molecular flexibility index (Phi) is 2.74. The molecule has 0 aromatic carbocycles. The summed E-state index contributed by atoms with van der Waals surface area (Å²) >= 11 is 1.09. The average Bonchev–Trinajstić information content (AvgIpc) is 2.90. The Labute approximate surface area is 85.9 Å². The van der Waals surface area contributed by atoms with E-state index >= 15 is 0 Å². The van der Waals surface area contributed by atoms with Gasteiger partial charge in [-0.3, -0.25) is 4.79 Å². The van der Waals surface area contributed by atoms with Crippen LogP contribution in [0.15, 0.2) is 6.20 Å². The summed E-state index contributed by atoms with van der Waals surface area (Å²) in [5.41, 5.74) is 5.84. The molecule has 1 saturated carbocycles. The molecule has 0 aliphatic heterocycles. The quantitative estimate of drug-likeness (QED) is 0.736. The lowest BCUT2D eigenvalue weighted by atomic mass is 10.2. The van der Waals surface area contributed by atoms with Gasteiger partial charge < -0.3 is 11.1 Å². The van der Waals surface area contributed by atoms with E-state index in [4.69, 9.17) is 5.73 Å². The van der Waals surface area contributed by atoms with Gasteiger partial charge in [-0.15, -0.1) is 5.10 Å². The number of amides is 1. The number of nitrogens with zero attached hydrogens (tertiary/aromatic N) is 2. The van der Waals surface area contributed by atoms with Gasteiger partial charge in [0.15, 0.2) is 0 Å². The van der Waals surface area contributed by atoms with Crippen molar-refractivity contribution in [1.82, 2.24) is 14.9 Å². The summed E-state index contributed by atoms with van der Waals surface area (Å²) < 4.78 is 3.62. The van der Waals surface area contributed by atoms with Gasteiger partial charge >= 0.3 is 0 Å². The molecule has 1 aromatic heterocycles. The second-order valence-corrected chi connectivity index (χ2v) is 4.28. The van der Waals surface area contributed by atoms with Crippen molar-refractivity contribution in [3.63, 3.8) is 0 Å². The van der Waals surface area contributed by atoms with Crippen molar-refractivity contribution in [3.8, 4) is 0 Å². The first-order valence-electron chi connectivity index (χ1n) is 4.58. The van der Waals surface area contributed by atoms with Crippen LogP contribution in [-0.4, -0.2) is 28.1 Å². The minimum absolute atomic E-state index is 0.0971. The monoisotopic (exact) mass is 212 g/mol. The van der Waals surface area contributed by atoms with Crippen molar-refractivity contribution < 1.29 is 4.79 Å². The summed E-state index contributed by atoms with van der Waals surface area (Å²) in [7, 11) is 0. The Morgan fingerprint density at radius 1 is 1.79 bits per heavy atom. The molecule has 3 N–H and O–H groups in total. The molecule has 0 saturated heterocycles. The van der Waals surface area contributed by atoms with Crippen molar-refractivity contribution in [3.05, 3.63) is 11.1 Å². The molecule has 5 nitrogen and oxygen atoms in total. The van der Waals surface area contributed by atoms with Gasteiger partial charge in [-0.05, 0) is 30.3 Å². The first kappa shape index (κ1) is 9.54. The maximum atomic E-state index is 11.4. The van der Waals surface area contributed by atoms with E-state index in [-0.39, 0.29) is 11.9 Å². The molecule has 1 heterocycles. The lowest BCUT2D eigenvalue weighted by molar-refractivity contribution is 0.0954. The van der Waals surface area contributed by atoms with E-state index in [9.17, 15) is 4.79 Å². The van der Waals surface area contributed by atoms with Crippen LogP contribution >= 0.6 is 11.5 Å². The highest BCUT2D eigenvalue weighted by Gasteiger charge is 2.28. The van der Waals surface area contributed by atoms with Crippen LogP contribution in [0.3, 0.4) is 0 Å². The Bertz CT molecular complexity index is 309. The van der Waals surface area contributed by atoms with E-state index in [0.717, 1.165) is 11.5 Å². The molecule has 0 radical (unpaired) electrons. The molecule has 1 aliphatic rings. The number of rotatable bonds is 4. The topological polar surface area (TPSA) is 80.9 Å². The van der Waals surface area contributed by atoms with Gasteiger partial charge in [0.1, 0.15) is 4.88 Å². The van der Waals surface area contributed by atoms with Gasteiger partial charge in [0.25, 0.3) is 5.91 Å². The van der Waals surface area contributed by atoms with Crippen molar-refractivity contribution in [2.45, 2.75) is 18.9 Å². The third-order valence-corrected chi connectivity index (χ3v) is 2.97. The Morgan fingerprint density at radius 2 is 2.57 bits per heavy atom. The zero-order valence-corrected chi connectivity index (χ0v) is 8.46. The summed E-state index contributed by atoms with van der Waals surface area (Å²) in [6.45, 7) is 0.543. The van der Waals surface area contributed by atoms with Crippen LogP contribution in [0.2, 0.25) is 0 Å². The summed E-state index contributed by atoms with van der Waals surface area (Å²) in [6, 6.07) is 0.0971. The number of hydrogen-bond acceptors (Lipinski definition) is 5. The molecular formula is C8H12N4OS. The number of nitrogens with two attached hydrogens (primary N) is 1. The minimum atomic E-state index is -0.129. The Balaban J connectivity index is 1.77. The number of hydrogen-bond donors (Lipinski definition) is 2. The fraction of sp³-hybridized carbons (Fsp3) is 0.625. The molecule has 1 amide bonds. The van der Waals surface area contributed by atoms with Gasteiger partial charge in [0.05, 0.1) is 6.20 Å². The number of carbonyl (C=O) groups excluding carboxylic acids is 1. The van der Waals surface area contributed by atoms with Gasteiger partial charge in [0, 0.05) is 12.6 Å². The predicted molar refractivity (Wildman–Crippen MR) is 52.9 cm³/mol. The molecule has 14 heavy (non-hydrogen) atoms. The molecule has 1 fully saturated rings. The molecule has 6 heteroatoms. The number of carbonyl (C=O) groups is 1.